The molecule has 0 atom stereocenters. The monoisotopic (exact) mass is 258 g/mol. The number of carbonyl (C=O) groups is 1. The molecular formula is C10H16BO5P. The first kappa shape index (κ1) is 18.4. The van der Waals surface area contributed by atoms with Crippen LogP contribution in [-0.2, 0) is 13.6 Å². The Morgan fingerprint density at radius 2 is 1.29 bits per heavy atom. The molecule has 0 bridgehead atoms. The van der Waals surface area contributed by atoms with Gasteiger partial charge in [-0.05, 0) is 0 Å². The Balaban J connectivity index is 0. The van der Waals surface area contributed by atoms with E-state index >= 15 is 0 Å². The minimum atomic E-state index is -1.33. The van der Waals surface area contributed by atoms with E-state index in [0.29, 0.717) is 19.8 Å². The molecule has 0 aromatic rings. The quantitative estimate of drug-likeness (QED) is 0.391. The van der Waals surface area contributed by atoms with Crippen molar-refractivity contribution in [1.29, 1.82) is 0 Å². The molecule has 5 nitrogen and oxygen atoms in total. The molecular weight excluding hydrogens is 242 g/mol. The fourth-order valence-corrected chi connectivity index (χ4v) is 1.36. The topological polar surface area (TPSA) is 65.0 Å². The van der Waals surface area contributed by atoms with Crippen LogP contribution in [0.3, 0.4) is 0 Å². The van der Waals surface area contributed by atoms with E-state index in [-0.39, 0.29) is 0 Å². The highest BCUT2D eigenvalue weighted by Crippen LogP contribution is 2.39. The Morgan fingerprint density at radius 3 is 1.47 bits per heavy atom. The molecule has 0 saturated heterocycles. The van der Waals surface area contributed by atoms with Gasteiger partial charge in [-0.25, -0.2) is 0 Å². The Hall–Kier alpha value is -0.935. The van der Waals surface area contributed by atoms with Crippen molar-refractivity contribution >= 4 is 22.3 Å². The van der Waals surface area contributed by atoms with Crippen LogP contribution in [0.15, 0.2) is 38.0 Å². The van der Waals surface area contributed by atoms with Crippen LogP contribution in [0.25, 0.3) is 0 Å². The molecule has 0 aliphatic carbocycles. The molecule has 0 unspecified atom stereocenters. The van der Waals surface area contributed by atoms with E-state index in [1.54, 1.807) is 18.2 Å². The summed E-state index contributed by atoms with van der Waals surface area (Å²) in [6.45, 7) is 11.8. The zero-order chi connectivity index (χ0) is 13.5. The summed E-state index contributed by atoms with van der Waals surface area (Å²) >= 11 is 0. The summed E-state index contributed by atoms with van der Waals surface area (Å²) in [5.74, 6) is -1.33. The summed E-state index contributed by atoms with van der Waals surface area (Å²) in [4.78, 5) is 8.78. The number of rotatable bonds is 9. The van der Waals surface area contributed by atoms with Crippen LogP contribution in [0.5, 0.6) is 0 Å². The fraction of sp³-hybridized carbons (Fsp3) is 0.300. The third-order valence-corrected chi connectivity index (χ3v) is 1.97. The lowest BCUT2D eigenvalue weighted by atomic mass is 10.2. The average molecular weight is 258 g/mol. The zero-order valence-corrected chi connectivity index (χ0v) is 10.5. The molecule has 17 heavy (non-hydrogen) atoms. The van der Waals surface area contributed by atoms with E-state index in [1.165, 1.54) is 0 Å². The first-order valence-electron chi connectivity index (χ1n) is 4.58. The van der Waals surface area contributed by atoms with Gasteiger partial charge in [0.2, 0.25) is 13.7 Å². The summed E-state index contributed by atoms with van der Waals surface area (Å²) < 4.78 is 15.6. The van der Waals surface area contributed by atoms with E-state index in [1.807, 2.05) is 0 Å². The molecule has 0 aromatic heterocycles. The molecule has 2 radical (unpaired) electrons. The average Bonchev–Trinajstić information content (AvgIpc) is 2.27. The van der Waals surface area contributed by atoms with E-state index in [0.717, 1.165) is 0 Å². The molecule has 94 valence electrons. The van der Waals surface area contributed by atoms with Gasteiger partial charge in [0.05, 0.1) is 19.8 Å². The molecule has 0 saturated carbocycles. The van der Waals surface area contributed by atoms with Crippen molar-refractivity contribution in [2.24, 2.45) is 0 Å². The molecule has 0 aromatic carbocycles. The third kappa shape index (κ3) is 21.0. The smallest absolute Gasteiger partial charge is 0.333 e. The third-order valence-electron chi connectivity index (χ3n) is 0.893. The molecule has 1 N–H and O–H groups in total. The van der Waals surface area contributed by atoms with Crippen LogP contribution in [0, 0.1) is 0 Å². The maximum Gasteiger partial charge on any atom is 0.333 e. The molecule has 0 aliphatic rings. The van der Waals surface area contributed by atoms with Gasteiger partial charge in [0.25, 0.3) is 0 Å². The Morgan fingerprint density at radius 1 is 1.06 bits per heavy atom. The molecule has 0 amide bonds. The van der Waals surface area contributed by atoms with Crippen molar-refractivity contribution in [3.63, 3.8) is 0 Å². The van der Waals surface area contributed by atoms with Crippen LogP contribution in [0.1, 0.15) is 0 Å². The minimum Gasteiger partial charge on any atom is -0.490 e. The van der Waals surface area contributed by atoms with Gasteiger partial charge >= 0.3 is 8.60 Å². The number of hydrogen-bond acceptors (Lipinski definition) is 4. The van der Waals surface area contributed by atoms with Crippen molar-refractivity contribution in [3.8, 4) is 0 Å². The Kier molecular flexibility index (Phi) is 16.3. The first-order valence-corrected chi connectivity index (χ1v) is 5.68. The van der Waals surface area contributed by atoms with Gasteiger partial charge in [-0.2, -0.15) is 0 Å². The normalized spacial score (nSPS) is 9.00. The lowest BCUT2D eigenvalue weighted by Gasteiger charge is -2.13. The van der Waals surface area contributed by atoms with Crippen LogP contribution in [0.2, 0.25) is 0 Å². The predicted molar refractivity (Wildman–Crippen MR) is 69.1 cm³/mol. The second-order valence-electron chi connectivity index (χ2n) is 2.32. The second-order valence-corrected chi connectivity index (χ2v) is 3.54. The molecule has 0 rings (SSSR count). The summed E-state index contributed by atoms with van der Waals surface area (Å²) in [5.41, 5.74) is 0. The van der Waals surface area contributed by atoms with Gasteiger partial charge in [-0.1, -0.05) is 18.2 Å². The van der Waals surface area contributed by atoms with E-state index in [4.69, 9.17) is 23.5 Å². The van der Waals surface area contributed by atoms with Crippen LogP contribution in [0.4, 0.5) is 4.79 Å². The summed E-state index contributed by atoms with van der Waals surface area (Å²) in [6, 6.07) is 0. The van der Waals surface area contributed by atoms with Gasteiger partial charge in [0.1, 0.15) is 0 Å². The van der Waals surface area contributed by atoms with Crippen molar-refractivity contribution < 1.29 is 23.5 Å². The second kappa shape index (κ2) is 15.1. The van der Waals surface area contributed by atoms with E-state index in [2.05, 4.69) is 27.6 Å². The molecule has 0 spiro atoms. The maximum absolute atomic E-state index is 8.78. The molecule has 0 fully saturated rings. The van der Waals surface area contributed by atoms with Crippen molar-refractivity contribution in [1.82, 2.24) is 0 Å². The largest absolute Gasteiger partial charge is 0.490 e. The van der Waals surface area contributed by atoms with Gasteiger partial charge in [0.15, 0.2) is 0 Å². The summed E-state index contributed by atoms with van der Waals surface area (Å²) in [6.07, 6.45) is 4.93. The van der Waals surface area contributed by atoms with E-state index in [9.17, 15) is 0 Å². The van der Waals surface area contributed by atoms with Gasteiger partial charge in [0, 0.05) is 0 Å². The number of hydrogen-bond donors (Lipinski definition) is 1. The number of carboxylic acid groups (broad SMARTS) is 1. The van der Waals surface area contributed by atoms with Crippen LogP contribution >= 0.6 is 8.60 Å². The predicted octanol–water partition coefficient (Wildman–Crippen LogP) is 2.65. The van der Waals surface area contributed by atoms with Gasteiger partial charge in [-0.15, -0.1) is 19.7 Å². The van der Waals surface area contributed by atoms with Crippen LogP contribution < -0.4 is 0 Å². The van der Waals surface area contributed by atoms with Crippen LogP contribution in [-0.4, -0.2) is 38.6 Å². The van der Waals surface area contributed by atoms with Crippen molar-refractivity contribution in [2.45, 2.75) is 0 Å². The lowest BCUT2D eigenvalue weighted by Crippen LogP contribution is -1.95. The Labute approximate surface area is 104 Å². The minimum absolute atomic E-state index is 0.417. The van der Waals surface area contributed by atoms with Gasteiger partial charge < -0.3 is 18.7 Å². The van der Waals surface area contributed by atoms with E-state index < -0.39 is 14.5 Å². The standard InChI is InChI=1S/C9H15O3P.CHBO2/c1-4-7-10-13(11-8-5-2)12-9-6-3;2-1(3)4/h4-6H,1-3,7-9H2;(H,3,4). The SMILES string of the molecule is C=CCOP(OCC=C)OCC=C.[B]C(=O)O. The lowest BCUT2D eigenvalue weighted by molar-refractivity contribution is 0.194. The highest BCUT2D eigenvalue weighted by molar-refractivity contribution is 7.41. The highest BCUT2D eigenvalue weighted by atomic mass is 31.2. The fourth-order valence-electron chi connectivity index (χ4n) is 0.452. The zero-order valence-electron chi connectivity index (χ0n) is 9.58. The Bertz CT molecular complexity index is 202. The van der Waals surface area contributed by atoms with Gasteiger partial charge in [-0.3, -0.25) is 4.79 Å². The summed E-state index contributed by atoms with van der Waals surface area (Å²) in [5, 5.41) is 7.19. The highest BCUT2D eigenvalue weighted by Gasteiger charge is 2.09. The summed E-state index contributed by atoms with van der Waals surface area (Å²) in [7, 11) is 2.74. The molecule has 0 heterocycles. The molecule has 0 aliphatic heterocycles. The van der Waals surface area contributed by atoms with Crippen molar-refractivity contribution in [3.05, 3.63) is 38.0 Å². The first-order chi connectivity index (χ1) is 8.08. The maximum atomic E-state index is 8.78. The molecule has 7 heteroatoms. The van der Waals surface area contributed by atoms with Crippen molar-refractivity contribution in [2.75, 3.05) is 19.8 Å².